The molecule has 1 N–H and O–H groups in total. The van der Waals surface area contributed by atoms with E-state index in [1.165, 1.54) is 12.8 Å². The fourth-order valence-electron chi connectivity index (χ4n) is 5.04. The molecule has 4 nitrogen and oxygen atoms in total. The van der Waals surface area contributed by atoms with Crippen molar-refractivity contribution in [2.75, 3.05) is 13.7 Å². The van der Waals surface area contributed by atoms with Crippen LogP contribution in [0.5, 0.6) is 0 Å². The van der Waals surface area contributed by atoms with Crippen LogP contribution < -0.4 is 0 Å². The highest BCUT2D eigenvalue weighted by Gasteiger charge is 2.57. The van der Waals surface area contributed by atoms with Crippen molar-refractivity contribution >= 4 is 5.97 Å². The van der Waals surface area contributed by atoms with Crippen LogP contribution in [0.25, 0.3) is 0 Å². The van der Waals surface area contributed by atoms with Gasteiger partial charge in [0.2, 0.25) is 0 Å². The summed E-state index contributed by atoms with van der Waals surface area (Å²) in [4.78, 5) is 12.6. The Morgan fingerprint density at radius 3 is 2.24 bits per heavy atom. The first kappa shape index (κ1) is 18.4. The number of aliphatic hydroxyl groups is 1. The standard InChI is InChI=1S/C21H32NO3/c1-21(2,3)22(4)16-10-11-17(22)13-18(12-16)25-20(24)19(14-23)15-8-6-5-7-9-15/h5-9,16-19,23H,10-14H2,1-4H3/q+1/t16-,17+,18?,19?,22?. The highest BCUT2D eigenvalue weighted by Crippen LogP contribution is 2.47. The summed E-state index contributed by atoms with van der Waals surface area (Å²) in [5, 5.41) is 9.68. The number of esters is 1. The minimum absolute atomic E-state index is 0.0173. The maximum absolute atomic E-state index is 12.6. The Morgan fingerprint density at radius 2 is 1.76 bits per heavy atom. The van der Waals surface area contributed by atoms with Crippen molar-refractivity contribution in [2.24, 2.45) is 0 Å². The van der Waals surface area contributed by atoms with E-state index < -0.39 is 5.92 Å². The lowest BCUT2D eigenvalue weighted by atomic mass is 9.89. The second-order valence-electron chi connectivity index (χ2n) is 8.88. The minimum atomic E-state index is -0.579. The highest BCUT2D eigenvalue weighted by molar-refractivity contribution is 5.78. The van der Waals surface area contributed by atoms with E-state index in [0.29, 0.717) is 12.1 Å². The Morgan fingerprint density at radius 1 is 1.20 bits per heavy atom. The van der Waals surface area contributed by atoms with Crippen molar-refractivity contribution < 1.29 is 19.1 Å². The molecule has 4 heteroatoms. The fraction of sp³-hybridized carbons (Fsp3) is 0.667. The summed E-state index contributed by atoms with van der Waals surface area (Å²) in [5.41, 5.74) is 1.03. The Bertz CT molecular complexity index is 593. The van der Waals surface area contributed by atoms with Crippen LogP contribution in [0.1, 0.15) is 57.9 Å². The van der Waals surface area contributed by atoms with Gasteiger partial charge in [-0.25, -0.2) is 0 Å². The molecule has 2 fully saturated rings. The lowest BCUT2D eigenvalue weighted by Gasteiger charge is -2.54. The van der Waals surface area contributed by atoms with Gasteiger partial charge in [0, 0.05) is 25.7 Å². The molecule has 5 atom stereocenters. The molecule has 2 heterocycles. The smallest absolute Gasteiger partial charge is 0.316 e. The van der Waals surface area contributed by atoms with E-state index in [9.17, 15) is 9.90 Å². The topological polar surface area (TPSA) is 46.5 Å². The molecule has 25 heavy (non-hydrogen) atoms. The molecular weight excluding hydrogens is 314 g/mol. The molecular formula is C21H32NO3+. The molecule has 2 aliphatic rings. The Kier molecular flexibility index (Phi) is 4.95. The van der Waals surface area contributed by atoms with Crippen LogP contribution in [0.3, 0.4) is 0 Å². The Balaban J connectivity index is 1.69. The number of hydrogen-bond donors (Lipinski definition) is 1. The zero-order valence-electron chi connectivity index (χ0n) is 15.9. The third-order valence-corrected chi connectivity index (χ3v) is 6.82. The minimum Gasteiger partial charge on any atom is -0.461 e. The number of nitrogens with zero attached hydrogens (tertiary/aromatic N) is 1. The lowest BCUT2D eigenvalue weighted by molar-refractivity contribution is -0.990. The molecule has 2 bridgehead atoms. The van der Waals surface area contributed by atoms with Gasteiger partial charge in [-0.2, -0.15) is 0 Å². The average molecular weight is 346 g/mol. The van der Waals surface area contributed by atoms with Gasteiger partial charge in [-0.1, -0.05) is 30.3 Å². The quantitative estimate of drug-likeness (QED) is 0.672. The fourth-order valence-corrected chi connectivity index (χ4v) is 5.04. The molecule has 3 unspecified atom stereocenters. The van der Waals surface area contributed by atoms with Crippen molar-refractivity contribution in [3.63, 3.8) is 0 Å². The van der Waals surface area contributed by atoms with Crippen LogP contribution in [0.2, 0.25) is 0 Å². The number of benzene rings is 1. The highest BCUT2D eigenvalue weighted by atomic mass is 16.5. The maximum Gasteiger partial charge on any atom is 0.316 e. The lowest BCUT2D eigenvalue weighted by Crippen LogP contribution is -2.67. The number of carbonyl (C=O) groups excluding carboxylic acids is 1. The van der Waals surface area contributed by atoms with Gasteiger partial charge in [-0.15, -0.1) is 0 Å². The van der Waals surface area contributed by atoms with Crippen LogP contribution in [0, 0.1) is 0 Å². The Labute approximate surface area is 151 Å². The summed E-state index contributed by atoms with van der Waals surface area (Å²) in [5.74, 6) is -0.866. The third kappa shape index (κ3) is 3.22. The normalized spacial score (nSPS) is 33.1. The van der Waals surface area contributed by atoms with Gasteiger partial charge < -0.3 is 14.3 Å². The van der Waals surface area contributed by atoms with Gasteiger partial charge in [0.1, 0.15) is 12.0 Å². The van der Waals surface area contributed by atoms with Gasteiger partial charge in [0.05, 0.1) is 31.3 Å². The molecule has 0 amide bonds. The average Bonchev–Trinajstić information content (AvgIpc) is 2.74. The molecule has 0 saturated carbocycles. The van der Waals surface area contributed by atoms with Crippen LogP contribution in [-0.4, -0.2) is 52.9 Å². The summed E-state index contributed by atoms with van der Waals surface area (Å²) >= 11 is 0. The molecule has 0 radical (unpaired) electrons. The van der Waals surface area contributed by atoms with Gasteiger partial charge in [-0.05, 0) is 26.3 Å². The van der Waals surface area contributed by atoms with E-state index in [1.807, 2.05) is 30.3 Å². The summed E-state index contributed by atoms with van der Waals surface area (Å²) in [6.07, 6.45) is 4.28. The summed E-state index contributed by atoms with van der Waals surface area (Å²) in [7, 11) is 2.38. The molecule has 0 aromatic heterocycles. The van der Waals surface area contributed by atoms with E-state index in [2.05, 4.69) is 27.8 Å². The summed E-state index contributed by atoms with van der Waals surface area (Å²) < 4.78 is 6.96. The number of aliphatic hydroxyl groups excluding tert-OH is 1. The van der Waals surface area contributed by atoms with E-state index in [4.69, 9.17) is 4.74 Å². The predicted octanol–water partition coefficient (Wildman–Crippen LogP) is 3.24. The Hall–Kier alpha value is -1.39. The number of carbonyl (C=O) groups is 1. The van der Waals surface area contributed by atoms with E-state index in [1.54, 1.807) is 0 Å². The molecule has 138 valence electrons. The zero-order valence-corrected chi connectivity index (χ0v) is 15.9. The van der Waals surface area contributed by atoms with Gasteiger partial charge >= 0.3 is 5.97 Å². The summed E-state index contributed by atoms with van der Waals surface area (Å²) in [6.45, 7) is 6.75. The molecule has 2 aliphatic heterocycles. The molecule has 0 spiro atoms. The summed E-state index contributed by atoms with van der Waals surface area (Å²) in [6, 6.07) is 10.5. The molecule has 2 saturated heterocycles. The van der Waals surface area contributed by atoms with Gasteiger partial charge in [0.15, 0.2) is 0 Å². The SMILES string of the molecule is CC(C)(C)[N+]1(C)[C@@H]2CC[C@H]1CC(OC(=O)C(CO)c1ccccc1)C2. The van der Waals surface area contributed by atoms with Crippen molar-refractivity contribution in [1.82, 2.24) is 0 Å². The first-order chi connectivity index (χ1) is 11.8. The van der Waals surface area contributed by atoms with Crippen LogP contribution in [-0.2, 0) is 9.53 Å². The maximum atomic E-state index is 12.6. The third-order valence-electron chi connectivity index (χ3n) is 6.82. The van der Waals surface area contributed by atoms with Crippen molar-refractivity contribution in [3.8, 4) is 0 Å². The van der Waals surface area contributed by atoms with Crippen molar-refractivity contribution in [1.29, 1.82) is 0 Å². The predicted molar refractivity (Wildman–Crippen MR) is 98.1 cm³/mol. The first-order valence-electron chi connectivity index (χ1n) is 9.49. The molecule has 1 aromatic carbocycles. The monoisotopic (exact) mass is 346 g/mol. The van der Waals surface area contributed by atoms with Gasteiger partial charge in [0.25, 0.3) is 0 Å². The number of fused-ring (bicyclic) bond motifs is 2. The second-order valence-corrected chi connectivity index (χ2v) is 8.88. The van der Waals surface area contributed by atoms with Crippen molar-refractivity contribution in [2.45, 2.75) is 76.1 Å². The molecule has 0 aliphatic carbocycles. The largest absolute Gasteiger partial charge is 0.461 e. The van der Waals surface area contributed by atoms with Crippen LogP contribution in [0.4, 0.5) is 0 Å². The number of hydrogen-bond acceptors (Lipinski definition) is 3. The molecule has 3 rings (SSSR count). The second kappa shape index (κ2) is 6.73. The molecule has 1 aromatic rings. The zero-order chi connectivity index (χ0) is 18.2. The van der Waals surface area contributed by atoms with Crippen LogP contribution in [0.15, 0.2) is 30.3 Å². The number of quaternary nitrogens is 1. The number of ether oxygens (including phenoxy) is 1. The van der Waals surface area contributed by atoms with Crippen molar-refractivity contribution in [3.05, 3.63) is 35.9 Å². The number of rotatable bonds is 4. The first-order valence-corrected chi connectivity index (χ1v) is 9.49. The van der Waals surface area contributed by atoms with E-state index >= 15 is 0 Å². The van der Waals surface area contributed by atoms with E-state index in [0.717, 1.165) is 22.9 Å². The van der Waals surface area contributed by atoms with Crippen LogP contribution >= 0.6 is 0 Å². The van der Waals surface area contributed by atoms with E-state index in [-0.39, 0.29) is 24.2 Å². The van der Waals surface area contributed by atoms with Gasteiger partial charge in [-0.3, -0.25) is 4.79 Å². The number of piperidine rings is 1.